The van der Waals surface area contributed by atoms with Gasteiger partial charge in [-0.2, -0.15) is 0 Å². The highest BCUT2D eigenvalue weighted by Gasteiger charge is 2.23. The SMILES string of the molecule is CCOC(=O)Oc1cc2sccc2c2c1c1ccccc1n2C(=O)OCC. The van der Waals surface area contributed by atoms with Gasteiger partial charge < -0.3 is 14.2 Å². The summed E-state index contributed by atoms with van der Waals surface area (Å²) in [6, 6.07) is 11.2. The molecule has 0 saturated carbocycles. The minimum atomic E-state index is -0.775. The monoisotopic (exact) mass is 383 g/mol. The molecule has 2 aromatic heterocycles. The van der Waals surface area contributed by atoms with Crippen LogP contribution in [-0.4, -0.2) is 30.0 Å². The van der Waals surface area contributed by atoms with E-state index in [1.807, 2.05) is 35.7 Å². The number of fused-ring (bicyclic) bond motifs is 5. The van der Waals surface area contributed by atoms with Crippen molar-refractivity contribution in [2.45, 2.75) is 13.8 Å². The minimum absolute atomic E-state index is 0.216. The van der Waals surface area contributed by atoms with Gasteiger partial charge in [0.05, 0.1) is 29.6 Å². The van der Waals surface area contributed by atoms with Gasteiger partial charge in [-0.3, -0.25) is 0 Å². The van der Waals surface area contributed by atoms with Gasteiger partial charge in [0.2, 0.25) is 0 Å². The lowest BCUT2D eigenvalue weighted by Crippen LogP contribution is -2.13. The molecule has 0 aliphatic rings. The molecule has 0 bridgehead atoms. The van der Waals surface area contributed by atoms with Crippen LogP contribution < -0.4 is 4.74 Å². The molecule has 0 fully saturated rings. The van der Waals surface area contributed by atoms with Gasteiger partial charge in [-0.1, -0.05) is 18.2 Å². The molecule has 2 aromatic carbocycles. The Morgan fingerprint density at radius 1 is 1.04 bits per heavy atom. The number of para-hydroxylation sites is 1. The quantitative estimate of drug-likeness (QED) is 0.343. The number of carbonyl (C=O) groups is 2. The fourth-order valence-electron chi connectivity index (χ4n) is 3.26. The highest BCUT2D eigenvalue weighted by atomic mass is 32.1. The van der Waals surface area contributed by atoms with Crippen LogP contribution in [0.25, 0.3) is 31.9 Å². The number of aromatic nitrogens is 1. The first-order valence-electron chi connectivity index (χ1n) is 8.60. The van der Waals surface area contributed by atoms with Crippen LogP contribution in [0.4, 0.5) is 9.59 Å². The number of nitrogens with zero attached hydrogens (tertiary/aromatic N) is 1. The molecule has 0 spiro atoms. The minimum Gasteiger partial charge on any atom is -0.449 e. The summed E-state index contributed by atoms with van der Waals surface area (Å²) in [5.41, 5.74) is 1.35. The third-order valence-electron chi connectivity index (χ3n) is 4.24. The van der Waals surface area contributed by atoms with E-state index in [0.29, 0.717) is 22.2 Å². The normalized spacial score (nSPS) is 11.2. The molecular weight excluding hydrogens is 366 g/mol. The fraction of sp³-hybridized carbons (Fsp3) is 0.200. The molecule has 4 rings (SSSR count). The summed E-state index contributed by atoms with van der Waals surface area (Å²) in [4.78, 5) is 24.7. The van der Waals surface area contributed by atoms with E-state index >= 15 is 0 Å². The summed E-state index contributed by atoms with van der Waals surface area (Å²) in [5.74, 6) is 0.359. The van der Waals surface area contributed by atoms with Crippen molar-refractivity contribution in [3.63, 3.8) is 0 Å². The van der Waals surface area contributed by atoms with Gasteiger partial charge in [0.25, 0.3) is 0 Å². The van der Waals surface area contributed by atoms with E-state index in [9.17, 15) is 9.59 Å². The third-order valence-corrected chi connectivity index (χ3v) is 5.10. The summed E-state index contributed by atoms with van der Waals surface area (Å²) >= 11 is 1.50. The number of rotatable bonds is 3. The highest BCUT2D eigenvalue weighted by Crippen LogP contribution is 2.42. The lowest BCUT2D eigenvalue weighted by atomic mass is 10.1. The number of carbonyl (C=O) groups excluding carboxylic acids is 2. The van der Waals surface area contributed by atoms with Crippen molar-refractivity contribution in [2.24, 2.45) is 0 Å². The standard InChI is InChI=1S/C20H17NO5S/c1-3-24-19(22)21-14-8-6-5-7-12(14)17-15(26-20(23)25-4-2)11-16-13(18(17)21)9-10-27-16/h5-11H,3-4H2,1-2H3. The molecule has 0 N–H and O–H groups in total. The van der Waals surface area contributed by atoms with Gasteiger partial charge in [0.1, 0.15) is 5.75 Å². The zero-order valence-electron chi connectivity index (χ0n) is 14.9. The van der Waals surface area contributed by atoms with Crippen LogP contribution in [0.2, 0.25) is 0 Å². The molecule has 0 unspecified atom stereocenters. The maximum Gasteiger partial charge on any atom is 0.513 e. The molecule has 138 valence electrons. The fourth-order valence-corrected chi connectivity index (χ4v) is 4.08. The van der Waals surface area contributed by atoms with Crippen molar-refractivity contribution in [1.82, 2.24) is 4.57 Å². The number of thiophene rings is 1. The van der Waals surface area contributed by atoms with Gasteiger partial charge in [-0.05, 0) is 37.4 Å². The van der Waals surface area contributed by atoms with Gasteiger partial charge >= 0.3 is 12.2 Å². The smallest absolute Gasteiger partial charge is 0.449 e. The van der Waals surface area contributed by atoms with E-state index in [-0.39, 0.29) is 13.2 Å². The number of hydrogen-bond acceptors (Lipinski definition) is 6. The Morgan fingerprint density at radius 3 is 2.59 bits per heavy atom. The highest BCUT2D eigenvalue weighted by molar-refractivity contribution is 7.17. The average molecular weight is 383 g/mol. The second kappa shape index (κ2) is 6.92. The molecule has 4 aromatic rings. The largest absolute Gasteiger partial charge is 0.513 e. The Morgan fingerprint density at radius 2 is 1.81 bits per heavy atom. The maximum atomic E-state index is 12.7. The van der Waals surface area contributed by atoms with Crippen LogP contribution in [0.15, 0.2) is 41.8 Å². The van der Waals surface area contributed by atoms with E-state index in [1.54, 1.807) is 24.5 Å². The van der Waals surface area contributed by atoms with E-state index in [0.717, 1.165) is 15.5 Å². The molecule has 0 aliphatic heterocycles. The molecule has 27 heavy (non-hydrogen) atoms. The average Bonchev–Trinajstić information content (AvgIpc) is 3.24. The zero-order valence-corrected chi connectivity index (χ0v) is 15.7. The second-order valence-electron chi connectivity index (χ2n) is 5.77. The molecule has 2 heterocycles. The van der Waals surface area contributed by atoms with Crippen molar-refractivity contribution < 1.29 is 23.8 Å². The van der Waals surface area contributed by atoms with Crippen molar-refractivity contribution in [1.29, 1.82) is 0 Å². The molecular formula is C20H17NO5S. The lowest BCUT2D eigenvalue weighted by molar-refractivity contribution is 0.105. The van der Waals surface area contributed by atoms with Crippen LogP contribution in [0.1, 0.15) is 13.8 Å². The van der Waals surface area contributed by atoms with E-state index in [1.165, 1.54) is 11.3 Å². The number of hydrogen-bond donors (Lipinski definition) is 0. The molecule has 0 atom stereocenters. The van der Waals surface area contributed by atoms with Gasteiger partial charge in [-0.25, -0.2) is 14.2 Å². The molecule has 6 nitrogen and oxygen atoms in total. The molecule has 0 saturated heterocycles. The van der Waals surface area contributed by atoms with Crippen LogP contribution in [0.3, 0.4) is 0 Å². The zero-order chi connectivity index (χ0) is 19.0. The first-order chi connectivity index (χ1) is 13.2. The maximum absolute atomic E-state index is 12.7. The van der Waals surface area contributed by atoms with Crippen molar-refractivity contribution >= 4 is 55.5 Å². The molecule has 0 aliphatic carbocycles. The Labute approximate surface area is 158 Å². The Hall–Kier alpha value is -3.06. The van der Waals surface area contributed by atoms with Crippen molar-refractivity contribution in [3.05, 3.63) is 41.8 Å². The van der Waals surface area contributed by atoms with Crippen LogP contribution in [0, 0.1) is 0 Å². The van der Waals surface area contributed by atoms with Crippen LogP contribution in [0.5, 0.6) is 5.75 Å². The van der Waals surface area contributed by atoms with E-state index in [2.05, 4.69) is 0 Å². The van der Waals surface area contributed by atoms with Crippen molar-refractivity contribution in [2.75, 3.05) is 13.2 Å². The summed E-state index contributed by atoms with van der Waals surface area (Å²) in [5, 5.41) is 4.31. The van der Waals surface area contributed by atoms with Gasteiger partial charge in [0.15, 0.2) is 0 Å². The summed E-state index contributed by atoms with van der Waals surface area (Å²) in [6.45, 7) is 3.96. The predicted molar refractivity (Wildman–Crippen MR) is 105 cm³/mol. The molecule has 0 amide bonds. The Kier molecular flexibility index (Phi) is 4.45. The number of ether oxygens (including phenoxy) is 3. The van der Waals surface area contributed by atoms with Crippen molar-refractivity contribution in [3.8, 4) is 5.75 Å². The lowest BCUT2D eigenvalue weighted by Gasteiger charge is -2.09. The topological polar surface area (TPSA) is 66.8 Å². The molecule has 7 heteroatoms. The van der Waals surface area contributed by atoms with E-state index in [4.69, 9.17) is 14.2 Å². The first-order valence-corrected chi connectivity index (χ1v) is 9.48. The number of benzene rings is 2. The Bertz CT molecular complexity index is 1170. The third kappa shape index (κ3) is 2.80. The molecule has 0 radical (unpaired) electrons. The van der Waals surface area contributed by atoms with Gasteiger partial charge in [0, 0.05) is 15.5 Å². The van der Waals surface area contributed by atoms with E-state index < -0.39 is 12.2 Å². The summed E-state index contributed by atoms with van der Waals surface area (Å²) < 4.78 is 18.1. The van der Waals surface area contributed by atoms with Crippen LogP contribution in [-0.2, 0) is 9.47 Å². The van der Waals surface area contributed by atoms with Crippen LogP contribution >= 0.6 is 11.3 Å². The summed E-state index contributed by atoms with van der Waals surface area (Å²) in [7, 11) is 0. The Balaban J connectivity index is 2.11. The first kappa shape index (κ1) is 17.4. The predicted octanol–water partition coefficient (Wildman–Crippen LogP) is 5.55. The second-order valence-corrected chi connectivity index (χ2v) is 6.71. The van der Waals surface area contributed by atoms with Gasteiger partial charge in [-0.15, -0.1) is 11.3 Å². The summed E-state index contributed by atoms with van der Waals surface area (Å²) in [6.07, 6.45) is -1.24.